The molecule has 1 aliphatic heterocycles. The van der Waals surface area contributed by atoms with Crippen LogP contribution < -0.4 is 11.1 Å². The lowest BCUT2D eigenvalue weighted by molar-refractivity contribution is 0.0937. The first-order valence-corrected chi connectivity index (χ1v) is 5.74. The summed E-state index contributed by atoms with van der Waals surface area (Å²) < 4.78 is 0. The number of likely N-dealkylation sites (tertiary alicyclic amines) is 1. The number of hydrogen-bond donors (Lipinski definition) is 2. The quantitative estimate of drug-likeness (QED) is 0.763. The minimum atomic E-state index is -0.196. The Kier molecular flexibility index (Phi) is 3.53. The van der Waals surface area contributed by atoms with Crippen LogP contribution in [-0.4, -0.2) is 47.2 Å². The molecule has 1 aliphatic rings. The molecular weight excluding hydrogens is 218 g/mol. The first-order chi connectivity index (χ1) is 8.16. The molecule has 0 aliphatic carbocycles. The molecule has 1 unspecified atom stereocenters. The highest BCUT2D eigenvalue weighted by molar-refractivity contribution is 5.92. The number of carbonyl (C=O) groups excluding carboxylic acids is 1. The summed E-state index contributed by atoms with van der Waals surface area (Å²) in [6.45, 7) is 1.75. The molecular formula is C11H17N5O. The molecule has 6 heteroatoms. The Morgan fingerprint density at radius 2 is 2.41 bits per heavy atom. The second-order valence-corrected chi connectivity index (χ2v) is 4.33. The van der Waals surface area contributed by atoms with Crippen LogP contribution >= 0.6 is 0 Å². The molecule has 17 heavy (non-hydrogen) atoms. The predicted octanol–water partition coefficient (Wildman–Crippen LogP) is -0.117. The summed E-state index contributed by atoms with van der Waals surface area (Å²) in [5.41, 5.74) is 5.71. The van der Waals surface area contributed by atoms with Crippen molar-refractivity contribution < 1.29 is 4.79 Å². The second-order valence-electron chi connectivity index (χ2n) is 4.33. The summed E-state index contributed by atoms with van der Waals surface area (Å²) in [6, 6.07) is 3.58. The number of carbonyl (C=O) groups is 1. The predicted molar refractivity (Wildman–Crippen MR) is 64.4 cm³/mol. The maximum atomic E-state index is 11.7. The summed E-state index contributed by atoms with van der Waals surface area (Å²) >= 11 is 0. The van der Waals surface area contributed by atoms with E-state index in [0.29, 0.717) is 24.1 Å². The molecule has 2 heterocycles. The normalized spacial score (nSPS) is 20.4. The molecule has 92 valence electrons. The average molecular weight is 235 g/mol. The van der Waals surface area contributed by atoms with Crippen LogP contribution in [0.3, 0.4) is 0 Å². The van der Waals surface area contributed by atoms with Gasteiger partial charge >= 0.3 is 0 Å². The molecule has 1 atom stereocenters. The Morgan fingerprint density at radius 3 is 3.00 bits per heavy atom. The number of rotatable bonds is 3. The summed E-state index contributed by atoms with van der Waals surface area (Å²) in [5, 5.41) is 10.3. The van der Waals surface area contributed by atoms with Gasteiger partial charge in [0.25, 0.3) is 5.91 Å². The van der Waals surface area contributed by atoms with Crippen molar-refractivity contribution in [3.05, 3.63) is 17.8 Å². The Balaban J connectivity index is 1.87. The summed E-state index contributed by atoms with van der Waals surface area (Å²) in [7, 11) is 2.08. The molecule has 2 rings (SSSR count). The van der Waals surface area contributed by atoms with E-state index in [9.17, 15) is 4.79 Å². The second kappa shape index (κ2) is 5.09. The van der Waals surface area contributed by atoms with Gasteiger partial charge in [-0.05, 0) is 38.6 Å². The molecule has 1 saturated heterocycles. The minimum Gasteiger partial charge on any atom is -0.382 e. The fourth-order valence-corrected chi connectivity index (χ4v) is 2.00. The molecule has 0 aromatic carbocycles. The van der Waals surface area contributed by atoms with E-state index in [0.717, 1.165) is 13.0 Å². The number of anilines is 1. The lowest BCUT2D eigenvalue weighted by Gasteiger charge is -2.19. The van der Waals surface area contributed by atoms with Crippen molar-refractivity contribution in [2.45, 2.75) is 18.9 Å². The van der Waals surface area contributed by atoms with Gasteiger partial charge in [0.15, 0.2) is 5.69 Å². The summed E-state index contributed by atoms with van der Waals surface area (Å²) in [6.07, 6.45) is 2.32. The highest BCUT2D eigenvalue weighted by Crippen LogP contribution is 2.13. The first kappa shape index (κ1) is 11.8. The van der Waals surface area contributed by atoms with E-state index in [-0.39, 0.29) is 5.91 Å². The van der Waals surface area contributed by atoms with E-state index in [4.69, 9.17) is 5.73 Å². The highest BCUT2D eigenvalue weighted by atomic mass is 16.1. The first-order valence-electron chi connectivity index (χ1n) is 5.74. The van der Waals surface area contributed by atoms with Crippen molar-refractivity contribution in [3.8, 4) is 0 Å². The average Bonchev–Trinajstić information content (AvgIpc) is 2.73. The van der Waals surface area contributed by atoms with Crippen molar-refractivity contribution in [1.82, 2.24) is 20.4 Å². The molecule has 0 spiro atoms. The van der Waals surface area contributed by atoms with Crippen molar-refractivity contribution in [2.75, 3.05) is 25.9 Å². The van der Waals surface area contributed by atoms with E-state index >= 15 is 0 Å². The number of nitrogens with zero attached hydrogens (tertiary/aromatic N) is 3. The van der Waals surface area contributed by atoms with Gasteiger partial charge in [0, 0.05) is 12.6 Å². The largest absolute Gasteiger partial charge is 0.382 e. The lowest BCUT2D eigenvalue weighted by atomic mass is 10.2. The summed E-state index contributed by atoms with van der Waals surface area (Å²) in [4.78, 5) is 14.0. The number of hydrogen-bond acceptors (Lipinski definition) is 5. The minimum absolute atomic E-state index is 0.196. The maximum Gasteiger partial charge on any atom is 0.271 e. The van der Waals surface area contributed by atoms with Gasteiger partial charge in [-0.25, -0.2) is 0 Å². The van der Waals surface area contributed by atoms with Gasteiger partial charge in [-0.15, -0.1) is 10.2 Å². The van der Waals surface area contributed by atoms with Crippen LogP contribution in [0.2, 0.25) is 0 Å². The van der Waals surface area contributed by atoms with E-state index in [1.54, 1.807) is 12.1 Å². The monoisotopic (exact) mass is 235 g/mol. The standard InChI is InChI=1S/C11H17N5O/c1-16-6-2-3-8(16)7-13-11(17)9-4-5-10(12)15-14-9/h4-5,8H,2-3,6-7H2,1H3,(H2,12,15)(H,13,17). The highest BCUT2D eigenvalue weighted by Gasteiger charge is 2.21. The Morgan fingerprint density at radius 1 is 1.59 bits per heavy atom. The Hall–Kier alpha value is -1.69. The van der Waals surface area contributed by atoms with Gasteiger partial charge in [-0.2, -0.15) is 0 Å². The zero-order valence-corrected chi connectivity index (χ0v) is 9.89. The van der Waals surface area contributed by atoms with Crippen LogP contribution in [-0.2, 0) is 0 Å². The zero-order chi connectivity index (χ0) is 12.3. The van der Waals surface area contributed by atoms with Crippen LogP contribution in [0.15, 0.2) is 12.1 Å². The number of aromatic nitrogens is 2. The topological polar surface area (TPSA) is 84.1 Å². The smallest absolute Gasteiger partial charge is 0.271 e. The number of nitrogens with two attached hydrogens (primary N) is 1. The van der Waals surface area contributed by atoms with Crippen LogP contribution in [0, 0.1) is 0 Å². The third kappa shape index (κ3) is 2.91. The van der Waals surface area contributed by atoms with Crippen molar-refractivity contribution >= 4 is 11.7 Å². The van der Waals surface area contributed by atoms with E-state index in [1.807, 2.05) is 0 Å². The number of likely N-dealkylation sites (N-methyl/N-ethyl adjacent to an activating group) is 1. The van der Waals surface area contributed by atoms with Gasteiger partial charge in [-0.3, -0.25) is 4.79 Å². The molecule has 0 saturated carbocycles. The van der Waals surface area contributed by atoms with Gasteiger partial charge in [0.1, 0.15) is 5.82 Å². The third-order valence-electron chi connectivity index (χ3n) is 3.09. The van der Waals surface area contributed by atoms with Crippen molar-refractivity contribution in [3.63, 3.8) is 0 Å². The van der Waals surface area contributed by atoms with Crippen molar-refractivity contribution in [2.24, 2.45) is 0 Å². The van der Waals surface area contributed by atoms with E-state index in [1.165, 1.54) is 6.42 Å². The van der Waals surface area contributed by atoms with Crippen LogP contribution in [0.1, 0.15) is 23.3 Å². The van der Waals surface area contributed by atoms with Crippen molar-refractivity contribution in [1.29, 1.82) is 0 Å². The molecule has 3 N–H and O–H groups in total. The molecule has 1 amide bonds. The molecule has 0 radical (unpaired) electrons. The van der Waals surface area contributed by atoms with Gasteiger partial charge in [0.2, 0.25) is 0 Å². The fourth-order valence-electron chi connectivity index (χ4n) is 2.00. The molecule has 0 bridgehead atoms. The van der Waals surface area contributed by atoms with Gasteiger partial charge in [-0.1, -0.05) is 0 Å². The number of nitrogen functional groups attached to an aromatic ring is 1. The van der Waals surface area contributed by atoms with Crippen LogP contribution in [0.5, 0.6) is 0 Å². The van der Waals surface area contributed by atoms with E-state index in [2.05, 4.69) is 27.5 Å². The molecule has 1 aromatic heterocycles. The molecule has 6 nitrogen and oxygen atoms in total. The Labute approximate surface area is 100 Å². The van der Waals surface area contributed by atoms with Crippen LogP contribution in [0.4, 0.5) is 5.82 Å². The Bertz CT molecular complexity index is 391. The molecule has 1 fully saturated rings. The van der Waals surface area contributed by atoms with Crippen LogP contribution in [0.25, 0.3) is 0 Å². The van der Waals surface area contributed by atoms with E-state index < -0.39 is 0 Å². The van der Waals surface area contributed by atoms with Gasteiger partial charge in [0.05, 0.1) is 0 Å². The maximum absolute atomic E-state index is 11.7. The molecule has 1 aromatic rings. The lowest BCUT2D eigenvalue weighted by Crippen LogP contribution is -2.38. The van der Waals surface area contributed by atoms with Gasteiger partial charge < -0.3 is 16.0 Å². The summed E-state index contributed by atoms with van der Waals surface area (Å²) in [5.74, 6) is 0.120. The third-order valence-corrected chi connectivity index (χ3v) is 3.09. The number of amides is 1. The zero-order valence-electron chi connectivity index (χ0n) is 9.89. The number of nitrogens with one attached hydrogen (secondary N) is 1. The SMILES string of the molecule is CN1CCCC1CNC(=O)c1ccc(N)nn1. The fraction of sp³-hybridized carbons (Fsp3) is 0.545.